The second-order valence-electron chi connectivity index (χ2n) is 16.2. The van der Waals surface area contributed by atoms with Crippen molar-refractivity contribution in [3.05, 3.63) is 0 Å². The predicted molar refractivity (Wildman–Crippen MR) is 200 cm³/mol. The number of ether oxygens (including phenoxy) is 2. The molecular formula is C37H66N6O11. The molecule has 0 aromatic heterocycles. The van der Waals surface area contributed by atoms with Crippen LogP contribution in [0.25, 0.3) is 0 Å². The SMILES string of the molecule is CC(=O)N[C@@H](CCC(=O)OC(C)(C)C)C(=O)N[C@@H](CCC(=O)OC(C)(C)C)C(=O)N[C@H](C(=O)N[C@@H](CC(C)C)C(=O)N[C@@H](CCCCN)C(=O)O)C(C)C. The largest absolute Gasteiger partial charge is 0.480 e. The molecule has 17 nitrogen and oxygen atoms in total. The number of hydrogen-bond acceptors (Lipinski definition) is 11. The highest BCUT2D eigenvalue weighted by Crippen LogP contribution is 2.14. The Morgan fingerprint density at radius 1 is 0.593 bits per heavy atom. The van der Waals surface area contributed by atoms with Crippen molar-refractivity contribution in [3.8, 4) is 0 Å². The zero-order chi connectivity index (χ0) is 42.0. The summed E-state index contributed by atoms with van der Waals surface area (Å²) in [6.07, 6.45) is 0.400. The molecule has 0 spiro atoms. The van der Waals surface area contributed by atoms with E-state index in [-0.39, 0.29) is 44.4 Å². The van der Waals surface area contributed by atoms with Gasteiger partial charge in [0.2, 0.25) is 29.5 Å². The minimum absolute atomic E-state index is 0.0898. The van der Waals surface area contributed by atoms with E-state index < -0.39 is 94.8 Å². The highest BCUT2D eigenvalue weighted by Gasteiger charge is 2.34. The molecule has 8 N–H and O–H groups in total. The van der Waals surface area contributed by atoms with Crippen LogP contribution < -0.4 is 32.3 Å². The first kappa shape index (κ1) is 49.7. The lowest BCUT2D eigenvalue weighted by Crippen LogP contribution is -2.60. The van der Waals surface area contributed by atoms with Crippen molar-refractivity contribution < 1.29 is 52.9 Å². The van der Waals surface area contributed by atoms with Gasteiger partial charge >= 0.3 is 17.9 Å². The van der Waals surface area contributed by atoms with Gasteiger partial charge in [0.15, 0.2) is 0 Å². The zero-order valence-electron chi connectivity index (χ0n) is 34.0. The lowest BCUT2D eigenvalue weighted by molar-refractivity contribution is -0.156. The summed E-state index contributed by atoms with van der Waals surface area (Å²) >= 11 is 0. The Morgan fingerprint density at radius 3 is 1.43 bits per heavy atom. The van der Waals surface area contributed by atoms with E-state index in [0.29, 0.717) is 19.4 Å². The number of hydrogen-bond donors (Lipinski definition) is 7. The summed E-state index contributed by atoms with van der Waals surface area (Å²) in [6.45, 7) is 18.5. The molecule has 0 heterocycles. The van der Waals surface area contributed by atoms with Crippen molar-refractivity contribution in [2.24, 2.45) is 17.6 Å². The van der Waals surface area contributed by atoms with Gasteiger partial charge in [-0.3, -0.25) is 33.6 Å². The molecular weight excluding hydrogens is 704 g/mol. The topological polar surface area (TPSA) is 261 Å². The number of rotatable bonds is 23. The van der Waals surface area contributed by atoms with Gasteiger partial charge in [-0.05, 0) is 98.4 Å². The van der Waals surface area contributed by atoms with Gasteiger partial charge in [0, 0.05) is 19.8 Å². The number of amides is 5. The quantitative estimate of drug-likeness (QED) is 0.0577. The maximum absolute atomic E-state index is 13.8. The number of nitrogens with one attached hydrogen (secondary N) is 5. The smallest absolute Gasteiger partial charge is 0.326 e. The van der Waals surface area contributed by atoms with Crippen molar-refractivity contribution in [1.29, 1.82) is 0 Å². The van der Waals surface area contributed by atoms with Crippen LogP contribution in [0.4, 0.5) is 0 Å². The monoisotopic (exact) mass is 770 g/mol. The Morgan fingerprint density at radius 2 is 1.02 bits per heavy atom. The van der Waals surface area contributed by atoms with E-state index in [9.17, 15) is 43.5 Å². The molecule has 0 saturated heterocycles. The molecule has 0 aromatic carbocycles. The summed E-state index contributed by atoms with van der Waals surface area (Å²) in [5.41, 5.74) is 3.91. The summed E-state index contributed by atoms with van der Waals surface area (Å²) in [5, 5.41) is 22.5. The molecule has 310 valence electrons. The first-order valence-corrected chi connectivity index (χ1v) is 18.6. The van der Waals surface area contributed by atoms with Gasteiger partial charge in [-0.1, -0.05) is 27.7 Å². The summed E-state index contributed by atoms with van der Waals surface area (Å²) in [7, 11) is 0. The summed E-state index contributed by atoms with van der Waals surface area (Å²) in [6, 6.07) is -6.24. The molecule has 5 atom stereocenters. The van der Waals surface area contributed by atoms with Gasteiger partial charge in [-0.15, -0.1) is 0 Å². The predicted octanol–water partition coefficient (Wildman–Crippen LogP) is 1.59. The van der Waals surface area contributed by atoms with E-state index in [0.717, 1.165) is 0 Å². The van der Waals surface area contributed by atoms with E-state index in [1.807, 2.05) is 13.8 Å². The first-order chi connectivity index (χ1) is 24.8. The van der Waals surface area contributed by atoms with Gasteiger partial charge in [0.05, 0.1) is 0 Å². The maximum atomic E-state index is 13.8. The molecule has 0 aliphatic rings. The molecule has 0 unspecified atom stereocenters. The molecule has 0 aromatic rings. The van der Waals surface area contributed by atoms with Crippen LogP contribution >= 0.6 is 0 Å². The van der Waals surface area contributed by atoms with Crippen LogP contribution in [0.3, 0.4) is 0 Å². The highest BCUT2D eigenvalue weighted by atomic mass is 16.6. The second kappa shape index (κ2) is 23.5. The van der Waals surface area contributed by atoms with Gasteiger partial charge in [0.1, 0.15) is 41.4 Å². The molecule has 5 amide bonds. The lowest BCUT2D eigenvalue weighted by atomic mass is 9.98. The van der Waals surface area contributed by atoms with Crippen molar-refractivity contribution in [2.45, 2.75) is 169 Å². The fourth-order valence-electron chi connectivity index (χ4n) is 5.14. The van der Waals surface area contributed by atoms with Crippen molar-refractivity contribution in [2.75, 3.05) is 6.54 Å². The summed E-state index contributed by atoms with van der Waals surface area (Å²) in [5.74, 6) is -6.80. The Bertz CT molecular complexity index is 1290. The number of esters is 2. The molecule has 0 saturated carbocycles. The van der Waals surface area contributed by atoms with E-state index in [4.69, 9.17) is 15.2 Å². The van der Waals surface area contributed by atoms with Gasteiger partial charge in [0.25, 0.3) is 0 Å². The fraction of sp³-hybridized carbons (Fsp3) is 0.784. The second-order valence-corrected chi connectivity index (χ2v) is 16.2. The minimum Gasteiger partial charge on any atom is -0.480 e. The number of aliphatic carboxylic acids is 1. The van der Waals surface area contributed by atoms with E-state index in [1.54, 1.807) is 55.4 Å². The third-order valence-corrected chi connectivity index (χ3v) is 7.59. The Kier molecular flexibility index (Phi) is 21.6. The fourth-order valence-corrected chi connectivity index (χ4v) is 5.14. The van der Waals surface area contributed by atoms with Gasteiger partial charge in [-0.25, -0.2) is 4.79 Å². The molecule has 0 radical (unpaired) electrons. The van der Waals surface area contributed by atoms with Crippen molar-refractivity contribution in [1.82, 2.24) is 26.6 Å². The van der Waals surface area contributed by atoms with Crippen LogP contribution in [0, 0.1) is 11.8 Å². The molecule has 0 aliphatic carbocycles. The number of unbranched alkanes of at least 4 members (excludes halogenated alkanes) is 1. The molecule has 0 fully saturated rings. The Labute approximate surface area is 319 Å². The number of carboxylic acid groups (broad SMARTS) is 1. The van der Waals surface area contributed by atoms with Crippen LogP contribution in [-0.4, -0.2) is 101 Å². The van der Waals surface area contributed by atoms with Crippen LogP contribution in [0.15, 0.2) is 0 Å². The van der Waals surface area contributed by atoms with Crippen LogP contribution in [0.5, 0.6) is 0 Å². The maximum Gasteiger partial charge on any atom is 0.326 e. The molecule has 0 bridgehead atoms. The van der Waals surface area contributed by atoms with Crippen LogP contribution in [0.2, 0.25) is 0 Å². The van der Waals surface area contributed by atoms with Gasteiger partial charge in [-0.2, -0.15) is 0 Å². The Balaban J connectivity index is 6.30. The van der Waals surface area contributed by atoms with Gasteiger partial charge < -0.3 is 46.9 Å². The average Bonchev–Trinajstić information content (AvgIpc) is 3.00. The molecule has 54 heavy (non-hydrogen) atoms. The number of carbonyl (C=O) groups is 8. The molecule has 17 heteroatoms. The molecule has 0 aliphatic heterocycles. The van der Waals surface area contributed by atoms with Crippen LogP contribution in [-0.2, 0) is 47.8 Å². The number of carbonyl (C=O) groups excluding carboxylic acids is 7. The third-order valence-electron chi connectivity index (χ3n) is 7.59. The van der Waals surface area contributed by atoms with E-state index >= 15 is 0 Å². The van der Waals surface area contributed by atoms with E-state index in [1.165, 1.54) is 6.92 Å². The molecule has 0 rings (SSSR count). The Hall–Kier alpha value is -4.28. The lowest BCUT2D eigenvalue weighted by Gasteiger charge is -2.29. The number of carboxylic acids is 1. The van der Waals surface area contributed by atoms with Crippen molar-refractivity contribution >= 4 is 47.4 Å². The normalized spacial score (nSPS) is 14.5. The van der Waals surface area contributed by atoms with Crippen molar-refractivity contribution in [3.63, 3.8) is 0 Å². The number of nitrogens with two attached hydrogens (primary N) is 1. The van der Waals surface area contributed by atoms with Crippen LogP contribution in [0.1, 0.15) is 128 Å². The average molecular weight is 771 g/mol. The highest BCUT2D eigenvalue weighted by molar-refractivity contribution is 5.96. The summed E-state index contributed by atoms with van der Waals surface area (Å²) < 4.78 is 10.7. The standard InChI is InChI=1S/C37H66N6O11/c1-21(2)20-27(33(49)41-26(35(51)52)14-12-13-19-38)42-34(50)30(22(3)4)43-32(48)25(16-18-29(46)54-37(9,10)11)40-31(47)24(39-23(5)44)15-17-28(45)53-36(6,7)8/h21-22,24-27,30H,12-20,38H2,1-11H3,(H,39,44)(H,40,47)(H,41,49)(H,42,50)(H,43,48)(H,51,52)/t24-,25-,26-,27-,30-/m0/s1. The minimum atomic E-state index is -1.41. The summed E-state index contributed by atoms with van der Waals surface area (Å²) in [4.78, 5) is 103. The zero-order valence-corrected chi connectivity index (χ0v) is 34.0. The first-order valence-electron chi connectivity index (χ1n) is 18.6. The third kappa shape index (κ3) is 22.1. The van der Waals surface area contributed by atoms with E-state index in [2.05, 4.69) is 26.6 Å².